The largest absolute Gasteiger partial charge is 0.395 e. The van der Waals surface area contributed by atoms with Crippen LogP contribution in [-0.4, -0.2) is 40.7 Å². The van der Waals surface area contributed by atoms with E-state index in [2.05, 4.69) is 21.4 Å². The second kappa shape index (κ2) is 7.96. The molecular formula is C20H20N4O2S. The molecule has 2 aromatic heterocycles. The van der Waals surface area contributed by atoms with Crippen LogP contribution in [0.1, 0.15) is 20.2 Å². The molecule has 1 aliphatic heterocycles. The van der Waals surface area contributed by atoms with Crippen LogP contribution in [-0.2, 0) is 13.0 Å². The summed E-state index contributed by atoms with van der Waals surface area (Å²) in [5, 5.41) is 12.4. The highest BCUT2D eigenvalue weighted by atomic mass is 32.1. The third-order valence-corrected chi connectivity index (χ3v) is 5.57. The number of anilines is 1. The number of aliphatic hydroxyl groups excluding tert-OH is 1. The predicted molar refractivity (Wildman–Crippen MR) is 106 cm³/mol. The Morgan fingerprint density at radius 3 is 2.93 bits per heavy atom. The first-order valence-corrected chi connectivity index (χ1v) is 9.70. The number of carbonyl (C=O) groups excluding carboxylic acids is 1. The van der Waals surface area contributed by atoms with Crippen LogP contribution < -0.4 is 10.2 Å². The van der Waals surface area contributed by atoms with Crippen molar-refractivity contribution in [1.29, 1.82) is 0 Å². The van der Waals surface area contributed by atoms with Gasteiger partial charge in [-0.1, -0.05) is 12.1 Å². The summed E-state index contributed by atoms with van der Waals surface area (Å²) in [6.45, 7) is 1.88. The zero-order valence-electron chi connectivity index (χ0n) is 14.8. The van der Waals surface area contributed by atoms with E-state index in [1.54, 1.807) is 18.6 Å². The Bertz CT molecular complexity index is 942. The van der Waals surface area contributed by atoms with Crippen molar-refractivity contribution in [1.82, 2.24) is 15.3 Å². The van der Waals surface area contributed by atoms with Gasteiger partial charge in [0.2, 0.25) is 0 Å². The fourth-order valence-corrected chi connectivity index (χ4v) is 4.17. The number of aromatic nitrogens is 2. The Hall–Kier alpha value is -2.61. The van der Waals surface area contributed by atoms with Crippen LogP contribution in [0.4, 0.5) is 5.69 Å². The Morgan fingerprint density at radius 1 is 1.26 bits per heavy atom. The van der Waals surface area contributed by atoms with E-state index in [0.29, 0.717) is 24.6 Å². The molecular weight excluding hydrogens is 360 g/mol. The summed E-state index contributed by atoms with van der Waals surface area (Å²) in [5.74, 6) is -0.0564. The minimum Gasteiger partial charge on any atom is -0.395 e. The molecule has 1 amide bonds. The molecule has 1 aliphatic rings. The number of thiazole rings is 1. The van der Waals surface area contributed by atoms with E-state index in [-0.39, 0.29) is 12.5 Å². The Morgan fingerprint density at radius 2 is 2.11 bits per heavy atom. The molecule has 0 spiro atoms. The highest BCUT2D eigenvalue weighted by Crippen LogP contribution is 2.36. The third kappa shape index (κ3) is 3.62. The Balaban J connectivity index is 1.57. The molecule has 0 aliphatic carbocycles. The highest BCUT2D eigenvalue weighted by Gasteiger charge is 2.29. The van der Waals surface area contributed by atoms with Crippen molar-refractivity contribution in [3.05, 3.63) is 64.4 Å². The second-order valence-corrected chi connectivity index (χ2v) is 7.39. The van der Waals surface area contributed by atoms with E-state index in [0.717, 1.165) is 28.1 Å². The summed E-state index contributed by atoms with van der Waals surface area (Å²) < 4.78 is 0. The lowest BCUT2D eigenvalue weighted by Crippen LogP contribution is -2.28. The van der Waals surface area contributed by atoms with Gasteiger partial charge in [0.05, 0.1) is 6.61 Å². The Labute approximate surface area is 161 Å². The minimum absolute atomic E-state index is 0.0564. The van der Waals surface area contributed by atoms with Crippen LogP contribution in [0.15, 0.2) is 48.9 Å². The van der Waals surface area contributed by atoms with Crippen molar-refractivity contribution >= 4 is 22.9 Å². The maximum absolute atomic E-state index is 13.0. The number of rotatable bonds is 6. The van der Waals surface area contributed by atoms with Crippen molar-refractivity contribution in [3.63, 3.8) is 0 Å². The van der Waals surface area contributed by atoms with Gasteiger partial charge >= 0.3 is 0 Å². The van der Waals surface area contributed by atoms with Crippen molar-refractivity contribution in [2.24, 2.45) is 0 Å². The number of aliphatic hydroxyl groups is 1. The van der Waals surface area contributed by atoms with E-state index in [1.807, 2.05) is 29.2 Å². The average Bonchev–Trinajstić information content (AvgIpc) is 3.35. The number of nitrogens with zero attached hydrogens (tertiary/aromatic N) is 3. The molecule has 3 heterocycles. The zero-order chi connectivity index (χ0) is 18.6. The molecule has 1 aromatic carbocycles. The molecule has 0 radical (unpaired) electrons. The number of amides is 1. The Kier molecular flexibility index (Phi) is 5.24. The third-order valence-electron chi connectivity index (χ3n) is 4.59. The van der Waals surface area contributed by atoms with Gasteiger partial charge in [-0.05, 0) is 41.3 Å². The van der Waals surface area contributed by atoms with E-state index >= 15 is 0 Å². The summed E-state index contributed by atoms with van der Waals surface area (Å²) in [6, 6.07) is 10.1. The quantitative estimate of drug-likeness (QED) is 0.643. The van der Waals surface area contributed by atoms with E-state index in [9.17, 15) is 4.79 Å². The van der Waals surface area contributed by atoms with Crippen LogP contribution >= 0.6 is 11.3 Å². The molecule has 0 fully saturated rings. The fourth-order valence-electron chi connectivity index (χ4n) is 3.34. The molecule has 138 valence electrons. The van der Waals surface area contributed by atoms with Gasteiger partial charge in [0.1, 0.15) is 0 Å². The van der Waals surface area contributed by atoms with Gasteiger partial charge < -0.3 is 15.3 Å². The molecule has 3 aromatic rings. The molecule has 2 N–H and O–H groups in total. The topological polar surface area (TPSA) is 78.3 Å². The fraction of sp³-hybridized carbons (Fsp3) is 0.250. The van der Waals surface area contributed by atoms with Crippen LogP contribution in [0.5, 0.6) is 0 Å². The molecule has 0 saturated carbocycles. The van der Waals surface area contributed by atoms with Crippen LogP contribution in [0, 0.1) is 0 Å². The predicted octanol–water partition coefficient (Wildman–Crippen LogP) is 2.49. The van der Waals surface area contributed by atoms with Gasteiger partial charge in [-0.15, -0.1) is 11.3 Å². The smallest absolute Gasteiger partial charge is 0.287 e. The minimum atomic E-state index is -0.0564. The lowest BCUT2D eigenvalue weighted by atomic mass is 9.99. The molecule has 0 bridgehead atoms. The van der Waals surface area contributed by atoms with Gasteiger partial charge in [0.25, 0.3) is 5.91 Å². The number of nitrogens with one attached hydrogen (secondary N) is 1. The SMILES string of the molecule is O=C(c1ncc(CNCCO)s1)N1CCc2c(-c3ccncc3)cccc21. The lowest BCUT2D eigenvalue weighted by Gasteiger charge is -2.16. The van der Waals surface area contributed by atoms with E-state index in [4.69, 9.17) is 5.11 Å². The maximum atomic E-state index is 13.0. The molecule has 7 heteroatoms. The molecule has 0 atom stereocenters. The molecule has 0 unspecified atom stereocenters. The van der Waals surface area contributed by atoms with Gasteiger partial charge in [0, 0.05) is 48.8 Å². The number of benzene rings is 1. The van der Waals surface area contributed by atoms with E-state index in [1.165, 1.54) is 16.9 Å². The number of pyridine rings is 1. The summed E-state index contributed by atoms with van der Waals surface area (Å²) in [5.41, 5.74) is 4.42. The first-order chi connectivity index (χ1) is 13.3. The summed E-state index contributed by atoms with van der Waals surface area (Å²) in [6.07, 6.45) is 6.13. The number of hydrogen-bond acceptors (Lipinski definition) is 6. The maximum Gasteiger partial charge on any atom is 0.287 e. The molecule has 6 nitrogen and oxygen atoms in total. The van der Waals surface area contributed by atoms with Crippen molar-refractivity contribution < 1.29 is 9.90 Å². The number of carbonyl (C=O) groups is 1. The monoisotopic (exact) mass is 380 g/mol. The highest BCUT2D eigenvalue weighted by molar-refractivity contribution is 7.13. The van der Waals surface area contributed by atoms with Crippen molar-refractivity contribution in [2.75, 3.05) is 24.6 Å². The first-order valence-electron chi connectivity index (χ1n) is 8.88. The second-order valence-electron chi connectivity index (χ2n) is 6.28. The summed E-state index contributed by atoms with van der Waals surface area (Å²) in [7, 11) is 0. The van der Waals surface area contributed by atoms with Crippen LogP contribution in [0.3, 0.4) is 0 Å². The standard InChI is InChI=1S/C20H20N4O2S/c25-11-9-22-12-15-13-23-19(27-15)20(26)24-10-6-17-16(2-1-3-18(17)24)14-4-7-21-8-5-14/h1-5,7-8,13,22,25H,6,9-12H2. The lowest BCUT2D eigenvalue weighted by molar-refractivity contribution is 0.0989. The van der Waals surface area contributed by atoms with Crippen LogP contribution in [0.2, 0.25) is 0 Å². The van der Waals surface area contributed by atoms with Gasteiger partial charge in [-0.2, -0.15) is 0 Å². The number of fused-ring (bicyclic) bond motifs is 1. The van der Waals surface area contributed by atoms with E-state index < -0.39 is 0 Å². The van der Waals surface area contributed by atoms with Crippen molar-refractivity contribution in [2.45, 2.75) is 13.0 Å². The molecule has 0 saturated heterocycles. The number of hydrogen-bond donors (Lipinski definition) is 2. The summed E-state index contributed by atoms with van der Waals surface area (Å²) >= 11 is 1.40. The average molecular weight is 380 g/mol. The molecule has 27 heavy (non-hydrogen) atoms. The summed E-state index contributed by atoms with van der Waals surface area (Å²) in [4.78, 5) is 24.2. The van der Waals surface area contributed by atoms with Gasteiger partial charge in [-0.3, -0.25) is 9.78 Å². The van der Waals surface area contributed by atoms with Crippen molar-refractivity contribution in [3.8, 4) is 11.1 Å². The first kappa shape index (κ1) is 17.8. The van der Waals surface area contributed by atoms with Crippen LogP contribution in [0.25, 0.3) is 11.1 Å². The normalized spacial score (nSPS) is 13.0. The molecule has 4 rings (SSSR count). The van der Waals surface area contributed by atoms with Gasteiger partial charge in [-0.25, -0.2) is 4.98 Å². The van der Waals surface area contributed by atoms with Gasteiger partial charge in [0.15, 0.2) is 5.01 Å². The zero-order valence-corrected chi connectivity index (χ0v) is 15.6.